The summed E-state index contributed by atoms with van der Waals surface area (Å²) in [5.74, 6) is 2.33. The number of thioether (sulfide) groups is 1. The molecule has 21 heavy (non-hydrogen) atoms. The van der Waals surface area contributed by atoms with Crippen molar-refractivity contribution in [3.8, 4) is 0 Å². The summed E-state index contributed by atoms with van der Waals surface area (Å²) in [7, 11) is 0. The minimum absolute atomic E-state index is 0.191. The molecule has 1 aliphatic carbocycles. The Kier molecular flexibility index (Phi) is 4.58. The largest absolute Gasteiger partial charge is 0.306 e. The molecule has 1 aromatic heterocycles. The fourth-order valence-corrected chi connectivity index (χ4v) is 3.88. The van der Waals surface area contributed by atoms with Crippen molar-refractivity contribution in [2.24, 2.45) is 0 Å². The maximum atomic E-state index is 12.9. The summed E-state index contributed by atoms with van der Waals surface area (Å²) in [6, 6.07) is 6.66. The molecule has 0 saturated heterocycles. The highest BCUT2D eigenvalue weighted by Gasteiger charge is 2.23. The summed E-state index contributed by atoms with van der Waals surface area (Å²) in [6.07, 6.45) is 5.08. The lowest BCUT2D eigenvalue weighted by molar-refractivity contribution is 0.576. The van der Waals surface area contributed by atoms with Gasteiger partial charge >= 0.3 is 0 Å². The predicted octanol–water partition coefficient (Wildman–Crippen LogP) is 4.39. The first-order valence-corrected chi connectivity index (χ1v) is 8.57. The number of halogens is 1. The standard InChI is InChI=1S/C16H20FN3S/c1-2-20-15(13-5-3-4-6-13)18-19-16(20)21-11-12-7-9-14(17)10-8-12/h7-10,13H,2-6,11H2,1H3. The second-order valence-corrected chi connectivity index (χ2v) is 6.42. The summed E-state index contributed by atoms with van der Waals surface area (Å²) in [6.45, 7) is 3.05. The average Bonchev–Trinajstić information content (AvgIpc) is 3.15. The Morgan fingerprint density at radius 2 is 1.90 bits per heavy atom. The Balaban J connectivity index is 1.71. The molecular weight excluding hydrogens is 285 g/mol. The van der Waals surface area contributed by atoms with Gasteiger partial charge in [-0.15, -0.1) is 10.2 Å². The van der Waals surface area contributed by atoms with Crippen LogP contribution in [0.25, 0.3) is 0 Å². The van der Waals surface area contributed by atoms with E-state index in [4.69, 9.17) is 0 Å². The van der Waals surface area contributed by atoms with Gasteiger partial charge in [0.1, 0.15) is 11.6 Å². The lowest BCUT2D eigenvalue weighted by Crippen LogP contribution is -2.06. The Hall–Kier alpha value is -1.36. The van der Waals surface area contributed by atoms with Gasteiger partial charge in [-0.2, -0.15) is 0 Å². The summed E-state index contributed by atoms with van der Waals surface area (Å²) >= 11 is 1.68. The zero-order chi connectivity index (χ0) is 14.7. The zero-order valence-corrected chi connectivity index (χ0v) is 13.1. The van der Waals surface area contributed by atoms with Crippen molar-refractivity contribution in [1.29, 1.82) is 0 Å². The Labute approximate surface area is 129 Å². The fourth-order valence-electron chi connectivity index (χ4n) is 2.92. The van der Waals surface area contributed by atoms with Gasteiger partial charge in [0.2, 0.25) is 0 Å². The third kappa shape index (κ3) is 3.28. The van der Waals surface area contributed by atoms with Crippen LogP contribution in [0.4, 0.5) is 4.39 Å². The molecule has 5 heteroatoms. The maximum Gasteiger partial charge on any atom is 0.191 e. The fraction of sp³-hybridized carbons (Fsp3) is 0.500. The molecule has 0 bridgehead atoms. The van der Waals surface area contributed by atoms with Gasteiger partial charge in [-0.25, -0.2) is 4.39 Å². The Morgan fingerprint density at radius 1 is 1.19 bits per heavy atom. The van der Waals surface area contributed by atoms with E-state index in [1.807, 2.05) is 12.1 Å². The Morgan fingerprint density at radius 3 is 2.57 bits per heavy atom. The van der Waals surface area contributed by atoms with Gasteiger partial charge in [-0.1, -0.05) is 36.7 Å². The molecule has 3 rings (SSSR count). The molecule has 3 nitrogen and oxygen atoms in total. The van der Waals surface area contributed by atoms with Crippen molar-refractivity contribution in [2.75, 3.05) is 0 Å². The van der Waals surface area contributed by atoms with Gasteiger partial charge in [-0.3, -0.25) is 0 Å². The monoisotopic (exact) mass is 305 g/mol. The van der Waals surface area contributed by atoms with Gasteiger partial charge in [0.05, 0.1) is 0 Å². The smallest absolute Gasteiger partial charge is 0.191 e. The quantitative estimate of drug-likeness (QED) is 0.768. The first-order chi connectivity index (χ1) is 10.3. The number of benzene rings is 1. The summed E-state index contributed by atoms with van der Waals surface area (Å²) in [5, 5.41) is 9.77. The first-order valence-electron chi connectivity index (χ1n) is 7.58. The van der Waals surface area contributed by atoms with Crippen LogP contribution in [0.2, 0.25) is 0 Å². The van der Waals surface area contributed by atoms with Gasteiger partial charge in [0.15, 0.2) is 5.16 Å². The van der Waals surface area contributed by atoms with Crippen LogP contribution in [-0.2, 0) is 12.3 Å². The summed E-state index contributed by atoms with van der Waals surface area (Å²) in [5.41, 5.74) is 1.11. The average molecular weight is 305 g/mol. The molecule has 0 N–H and O–H groups in total. The third-order valence-electron chi connectivity index (χ3n) is 4.06. The normalized spacial score (nSPS) is 15.7. The lowest BCUT2D eigenvalue weighted by atomic mass is 10.1. The van der Waals surface area contributed by atoms with E-state index < -0.39 is 0 Å². The minimum atomic E-state index is -0.191. The van der Waals surface area contributed by atoms with E-state index in [9.17, 15) is 4.39 Å². The van der Waals surface area contributed by atoms with Crippen LogP contribution in [0.15, 0.2) is 29.4 Å². The highest BCUT2D eigenvalue weighted by Crippen LogP contribution is 2.34. The summed E-state index contributed by atoms with van der Waals surface area (Å²) < 4.78 is 15.2. The van der Waals surface area contributed by atoms with E-state index in [1.165, 1.54) is 37.8 Å². The van der Waals surface area contributed by atoms with Crippen LogP contribution in [0.1, 0.15) is 49.9 Å². The number of aromatic nitrogens is 3. The number of rotatable bonds is 5. The second-order valence-electron chi connectivity index (χ2n) is 5.48. The number of nitrogens with zero attached hydrogens (tertiary/aromatic N) is 3. The molecule has 0 radical (unpaired) electrons. The van der Waals surface area contributed by atoms with Gasteiger partial charge < -0.3 is 4.57 Å². The van der Waals surface area contributed by atoms with Gasteiger partial charge in [0, 0.05) is 18.2 Å². The molecule has 0 unspecified atom stereocenters. The number of hydrogen-bond donors (Lipinski definition) is 0. The zero-order valence-electron chi connectivity index (χ0n) is 12.3. The Bertz CT molecular complexity index is 588. The number of hydrogen-bond acceptors (Lipinski definition) is 3. The van der Waals surface area contributed by atoms with E-state index in [-0.39, 0.29) is 5.82 Å². The van der Waals surface area contributed by atoms with E-state index in [2.05, 4.69) is 21.7 Å². The van der Waals surface area contributed by atoms with E-state index in [0.717, 1.165) is 28.8 Å². The van der Waals surface area contributed by atoms with E-state index in [0.29, 0.717) is 5.92 Å². The van der Waals surface area contributed by atoms with Crippen molar-refractivity contribution in [3.63, 3.8) is 0 Å². The highest BCUT2D eigenvalue weighted by molar-refractivity contribution is 7.98. The molecule has 1 aliphatic rings. The van der Waals surface area contributed by atoms with Crippen LogP contribution in [0.3, 0.4) is 0 Å². The predicted molar refractivity (Wildman–Crippen MR) is 82.9 cm³/mol. The van der Waals surface area contributed by atoms with Crippen molar-refractivity contribution in [1.82, 2.24) is 14.8 Å². The van der Waals surface area contributed by atoms with E-state index in [1.54, 1.807) is 11.8 Å². The van der Waals surface area contributed by atoms with Crippen LogP contribution < -0.4 is 0 Å². The molecule has 0 atom stereocenters. The van der Waals surface area contributed by atoms with Crippen molar-refractivity contribution in [2.45, 2.75) is 56.0 Å². The molecule has 0 amide bonds. The lowest BCUT2D eigenvalue weighted by Gasteiger charge is -2.11. The first kappa shape index (κ1) is 14.6. The van der Waals surface area contributed by atoms with Crippen LogP contribution >= 0.6 is 11.8 Å². The minimum Gasteiger partial charge on any atom is -0.306 e. The summed E-state index contributed by atoms with van der Waals surface area (Å²) in [4.78, 5) is 0. The third-order valence-corrected chi connectivity index (χ3v) is 5.10. The van der Waals surface area contributed by atoms with Crippen molar-refractivity contribution < 1.29 is 4.39 Å². The molecule has 0 aliphatic heterocycles. The topological polar surface area (TPSA) is 30.7 Å². The van der Waals surface area contributed by atoms with Gasteiger partial charge in [0.25, 0.3) is 0 Å². The molecule has 1 aromatic carbocycles. The van der Waals surface area contributed by atoms with Gasteiger partial charge in [-0.05, 0) is 37.5 Å². The second kappa shape index (κ2) is 6.60. The molecular formula is C16H20FN3S. The van der Waals surface area contributed by atoms with Crippen LogP contribution in [0, 0.1) is 5.82 Å². The van der Waals surface area contributed by atoms with Crippen molar-refractivity contribution >= 4 is 11.8 Å². The van der Waals surface area contributed by atoms with E-state index >= 15 is 0 Å². The molecule has 1 fully saturated rings. The molecule has 1 saturated carbocycles. The SMILES string of the molecule is CCn1c(SCc2ccc(F)cc2)nnc1C1CCCC1. The molecule has 2 aromatic rings. The maximum absolute atomic E-state index is 12.9. The van der Waals surface area contributed by atoms with Crippen molar-refractivity contribution in [3.05, 3.63) is 41.5 Å². The highest BCUT2D eigenvalue weighted by atomic mass is 32.2. The van der Waals surface area contributed by atoms with Crippen LogP contribution in [-0.4, -0.2) is 14.8 Å². The molecule has 112 valence electrons. The molecule has 1 heterocycles. The van der Waals surface area contributed by atoms with Crippen LogP contribution in [0.5, 0.6) is 0 Å². The molecule has 0 spiro atoms.